The summed E-state index contributed by atoms with van der Waals surface area (Å²) in [5.41, 5.74) is 0.517. The van der Waals surface area contributed by atoms with Gasteiger partial charge in [-0.05, 0) is 42.8 Å². The first-order chi connectivity index (χ1) is 11.2. The second-order valence-electron chi connectivity index (χ2n) is 4.69. The van der Waals surface area contributed by atoms with Crippen molar-refractivity contribution in [3.63, 3.8) is 0 Å². The van der Waals surface area contributed by atoms with Crippen LogP contribution >= 0.6 is 11.6 Å². The van der Waals surface area contributed by atoms with Gasteiger partial charge in [0.05, 0.1) is 0 Å². The Morgan fingerprint density at radius 3 is 2.22 bits per heavy atom. The topological polar surface area (TPSA) is 67.4 Å². The van der Waals surface area contributed by atoms with Gasteiger partial charge in [0.25, 0.3) is 0 Å². The average Bonchev–Trinajstić information content (AvgIpc) is 2.57. The Labute approximate surface area is 139 Å². The third-order valence-electron chi connectivity index (χ3n) is 2.89. The predicted molar refractivity (Wildman–Crippen MR) is 89.9 cm³/mol. The van der Waals surface area contributed by atoms with E-state index in [4.69, 9.17) is 16.3 Å². The van der Waals surface area contributed by atoms with E-state index in [1.165, 1.54) is 0 Å². The van der Waals surface area contributed by atoms with Crippen molar-refractivity contribution in [1.82, 2.24) is 5.32 Å². The quantitative estimate of drug-likeness (QED) is 0.485. The molecule has 0 aliphatic heterocycles. The van der Waals surface area contributed by atoms with E-state index in [2.05, 4.69) is 10.6 Å². The number of nitrogens with one attached hydrogen (secondary N) is 2. The number of carbonyl (C=O) groups is 2. The van der Waals surface area contributed by atoms with Crippen molar-refractivity contribution in [1.29, 1.82) is 0 Å². The summed E-state index contributed by atoms with van der Waals surface area (Å²) >= 11 is 5.50. The Balaban J connectivity index is 1.87. The van der Waals surface area contributed by atoms with Crippen LogP contribution in [0.15, 0.2) is 54.6 Å². The molecule has 0 saturated heterocycles. The van der Waals surface area contributed by atoms with Crippen molar-refractivity contribution >= 4 is 29.1 Å². The van der Waals surface area contributed by atoms with Crippen LogP contribution in [0, 0.1) is 0 Å². The summed E-state index contributed by atoms with van der Waals surface area (Å²) in [6, 6.07) is 16.1. The Kier molecular flexibility index (Phi) is 6.44. The van der Waals surface area contributed by atoms with Gasteiger partial charge in [0.1, 0.15) is 11.5 Å². The van der Waals surface area contributed by atoms with Crippen molar-refractivity contribution in [3.05, 3.63) is 54.6 Å². The maximum atomic E-state index is 11.7. The fraction of sp³-hybridized carbons (Fsp3) is 0.176. The summed E-state index contributed by atoms with van der Waals surface area (Å²) in [5, 5.41) is 5.01. The van der Waals surface area contributed by atoms with Gasteiger partial charge < -0.3 is 15.4 Å². The minimum absolute atomic E-state index is 0.375. The molecule has 2 aromatic carbocycles. The largest absolute Gasteiger partial charge is 0.457 e. The molecule has 0 saturated carbocycles. The number of carbonyl (C=O) groups excluding carboxylic acids is 2. The average molecular weight is 333 g/mol. The highest BCUT2D eigenvalue weighted by molar-refractivity contribution is 6.39. The van der Waals surface area contributed by atoms with Crippen molar-refractivity contribution < 1.29 is 14.3 Å². The zero-order valence-electron chi connectivity index (χ0n) is 12.4. The van der Waals surface area contributed by atoms with Crippen LogP contribution in [-0.2, 0) is 9.59 Å². The zero-order chi connectivity index (χ0) is 16.5. The molecule has 0 heterocycles. The molecule has 6 heteroatoms. The maximum Gasteiger partial charge on any atom is 0.313 e. The maximum absolute atomic E-state index is 11.7. The Morgan fingerprint density at radius 1 is 0.913 bits per heavy atom. The van der Waals surface area contributed by atoms with Crippen LogP contribution < -0.4 is 15.4 Å². The summed E-state index contributed by atoms with van der Waals surface area (Å²) < 4.78 is 5.65. The molecule has 0 aliphatic rings. The van der Waals surface area contributed by atoms with Gasteiger partial charge in [-0.2, -0.15) is 0 Å². The van der Waals surface area contributed by atoms with E-state index >= 15 is 0 Å². The van der Waals surface area contributed by atoms with E-state index < -0.39 is 11.8 Å². The van der Waals surface area contributed by atoms with Crippen molar-refractivity contribution in [3.8, 4) is 11.5 Å². The first-order valence-electron chi connectivity index (χ1n) is 7.17. The van der Waals surface area contributed by atoms with E-state index in [9.17, 15) is 9.59 Å². The normalized spacial score (nSPS) is 9.96. The summed E-state index contributed by atoms with van der Waals surface area (Å²) in [7, 11) is 0. The first kappa shape index (κ1) is 16.8. The Morgan fingerprint density at radius 2 is 1.57 bits per heavy atom. The van der Waals surface area contributed by atoms with E-state index in [-0.39, 0.29) is 0 Å². The van der Waals surface area contributed by atoms with Gasteiger partial charge in [0.2, 0.25) is 0 Å². The molecule has 0 unspecified atom stereocenters. The summed E-state index contributed by atoms with van der Waals surface area (Å²) in [6.45, 7) is 0.375. The van der Waals surface area contributed by atoms with Crippen LogP contribution in [0.1, 0.15) is 6.42 Å². The van der Waals surface area contributed by atoms with Crippen molar-refractivity contribution in [2.24, 2.45) is 0 Å². The van der Waals surface area contributed by atoms with E-state index in [1.807, 2.05) is 30.3 Å². The zero-order valence-corrected chi connectivity index (χ0v) is 13.2. The number of anilines is 1. The van der Waals surface area contributed by atoms with Crippen molar-refractivity contribution in [2.45, 2.75) is 6.42 Å². The lowest BCUT2D eigenvalue weighted by molar-refractivity contribution is -0.136. The van der Waals surface area contributed by atoms with E-state index in [0.717, 1.165) is 5.75 Å². The molecular formula is C17H17ClN2O3. The second-order valence-corrected chi connectivity index (χ2v) is 5.07. The number of alkyl halides is 1. The molecule has 2 N–H and O–H groups in total. The predicted octanol–water partition coefficient (Wildman–Crippen LogP) is 3.16. The molecule has 2 amide bonds. The van der Waals surface area contributed by atoms with Gasteiger partial charge in [-0.25, -0.2) is 0 Å². The lowest BCUT2D eigenvalue weighted by Gasteiger charge is -2.08. The molecule has 2 aromatic rings. The second kappa shape index (κ2) is 8.80. The highest BCUT2D eigenvalue weighted by Gasteiger charge is 2.12. The molecule has 0 radical (unpaired) electrons. The van der Waals surface area contributed by atoms with E-state index in [1.54, 1.807) is 24.3 Å². The van der Waals surface area contributed by atoms with Gasteiger partial charge in [-0.1, -0.05) is 18.2 Å². The van der Waals surface area contributed by atoms with Gasteiger partial charge in [0.15, 0.2) is 0 Å². The molecule has 23 heavy (non-hydrogen) atoms. The molecule has 0 atom stereocenters. The van der Waals surface area contributed by atoms with Crippen LogP contribution in [0.2, 0.25) is 0 Å². The number of ether oxygens (including phenoxy) is 1. The number of halogens is 1. The van der Waals surface area contributed by atoms with Gasteiger partial charge in [-0.3, -0.25) is 9.59 Å². The molecule has 2 rings (SSSR count). The molecule has 0 bridgehead atoms. The highest BCUT2D eigenvalue weighted by Crippen LogP contribution is 2.22. The van der Waals surface area contributed by atoms with Crippen LogP contribution in [0.4, 0.5) is 5.69 Å². The van der Waals surface area contributed by atoms with Gasteiger partial charge >= 0.3 is 11.8 Å². The standard InChI is InChI=1S/C17H17ClN2O3/c18-11-4-12-19-16(21)17(22)20-13-7-9-15(10-8-13)23-14-5-2-1-3-6-14/h1-3,5-10H,4,11-12H2,(H,19,21)(H,20,22). The van der Waals surface area contributed by atoms with Gasteiger partial charge in [0, 0.05) is 18.1 Å². The Hall–Kier alpha value is -2.53. The number of hydrogen-bond donors (Lipinski definition) is 2. The number of benzene rings is 2. The molecular weight excluding hydrogens is 316 g/mol. The van der Waals surface area contributed by atoms with Crippen molar-refractivity contribution in [2.75, 3.05) is 17.7 Å². The fourth-order valence-electron chi connectivity index (χ4n) is 1.77. The molecule has 0 fully saturated rings. The lowest BCUT2D eigenvalue weighted by atomic mass is 10.3. The minimum Gasteiger partial charge on any atom is -0.457 e. The number of amides is 2. The molecule has 0 aliphatic carbocycles. The number of rotatable bonds is 6. The molecule has 5 nitrogen and oxygen atoms in total. The minimum atomic E-state index is -0.712. The Bertz CT molecular complexity index is 645. The van der Waals surface area contributed by atoms with Crippen LogP contribution in [0.3, 0.4) is 0 Å². The summed E-state index contributed by atoms with van der Waals surface area (Å²) in [5.74, 6) is 0.407. The third kappa shape index (κ3) is 5.64. The first-order valence-corrected chi connectivity index (χ1v) is 7.70. The van der Waals surface area contributed by atoms with Gasteiger partial charge in [-0.15, -0.1) is 11.6 Å². The summed E-state index contributed by atoms with van der Waals surface area (Å²) in [6.07, 6.45) is 0.617. The van der Waals surface area contributed by atoms with E-state index in [0.29, 0.717) is 30.3 Å². The summed E-state index contributed by atoms with van der Waals surface area (Å²) in [4.78, 5) is 23.2. The van der Waals surface area contributed by atoms with Crippen LogP contribution in [0.25, 0.3) is 0 Å². The fourth-order valence-corrected chi connectivity index (χ4v) is 1.90. The van der Waals surface area contributed by atoms with Crippen LogP contribution in [-0.4, -0.2) is 24.2 Å². The molecule has 0 aromatic heterocycles. The monoisotopic (exact) mass is 332 g/mol. The molecule has 0 spiro atoms. The number of hydrogen-bond acceptors (Lipinski definition) is 3. The lowest BCUT2D eigenvalue weighted by Crippen LogP contribution is -2.36. The SMILES string of the molecule is O=C(NCCCCl)C(=O)Nc1ccc(Oc2ccccc2)cc1. The molecule has 120 valence electrons. The third-order valence-corrected chi connectivity index (χ3v) is 3.16. The number of para-hydroxylation sites is 1. The smallest absolute Gasteiger partial charge is 0.313 e. The highest BCUT2D eigenvalue weighted by atomic mass is 35.5. The van der Waals surface area contributed by atoms with Crippen LogP contribution in [0.5, 0.6) is 11.5 Å².